The molecule has 0 aliphatic carbocycles. The lowest BCUT2D eigenvalue weighted by Gasteiger charge is -2.36. The zero-order chi connectivity index (χ0) is 16.2. The van der Waals surface area contributed by atoms with Crippen LogP contribution in [0.5, 0.6) is 5.75 Å². The Morgan fingerprint density at radius 3 is 3.04 bits per heavy atom. The maximum Gasteiger partial charge on any atom is 0.227 e. The van der Waals surface area contributed by atoms with Crippen LogP contribution in [0.25, 0.3) is 0 Å². The van der Waals surface area contributed by atoms with Gasteiger partial charge in [-0.3, -0.25) is 9.69 Å². The van der Waals surface area contributed by atoms with E-state index in [1.54, 1.807) is 12.1 Å². The molecule has 1 unspecified atom stereocenters. The molecule has 1 aliphatic rings. The first-order chi connectivity index (χ1) is 11.2. The molecule has 3 rings (SSSR count). The first-order valence-electron chi connectivity index (χ1n) is 7.53. The van der Waals surface area contributed by atoms with E-state index in [1.807, 2.05) is 6.07 Å². The number of halogens is 1. The Morgan fingerprint density at radius 1 is 1.43 bits per heavy atom. The van der Waals surface area contributed by atoms with E-state index in [2.05, 4.69) is 10.2 Å². The summed E-state index contributed by atoms with van der Waals surface area (Å²) in [5.41, 5.74) is 0.708. The lowest BCUT2D eigenvalue weighted by molar-refractivity contribution is 0.141. The molecule has 1 atom stereocenters. The highest BCUT2D eigenvalue weighted by atomic mass is 19.1. The number of nitrogens with one attached hydrogen (secondary N) is 1. The summed E-state index contributed by atoms with van der Waals surface area (Å²) in [4.78, 5) is 14.0. The van der Waals surface area contributed by atoms with Crippen LogP contribution in [0.2, 0.25) is 0 Å². The van der Waals surface area contributed by atoms with Crippen LogP contribution >= 0.6 is 0 Å². The van der Waals surface area contributed by atoms with Gasteiger partial charge in [0.05, 0.1) is 13.7 Å². The van der Waals surface area contributed by atoms with Gasteiger partial charge < -0.3 is 14.5 Å². The van der Waals surface area contributed by atoms with E-state index in [0.29, 0.717) is 12.3 Å². The summed E-state index contributed by atoms with van der Waals surface area (Å²) in [6.45, 7) is 2.84. The largest absolute Gasteiger partial charge is 0.490 e. The molecule has 1 aromatic heterocycles. The molecule has 0 radical (unpaired) electrons. The lowest BCUT2D eigenvalue weighted by atomic mass is 10.0. The number of piperazine rings is 1. The zero-order valence-electron chi connectivity index (χ0n) is 12.9. The van der Waals surface area contributed by atoms with Gasteiger partial charge in [0.2, 0.25) is 11.2 Å². The number of hydrogen-bond donors (Lipinski definition) is 1. The Hall–Kier alpha value is -2.18. The fourth-order valence-electron chi connectivity index (χ4n) is 2.85. The summed E-state index contributed by atoms with van der Waals surface area (Å²) in [5.74, 6) is 0.513. The summed E-state index contributed by atoms with van der Waals surface area (Å²) in [7, 11) is 1.43. The molecule has 0 bridgehead atoms. The maximum atomic E-state index is 13.5. The second kappa shape index (κ2) is 6.93. The maximum absolute atomic E-state index is 13.5. The Bertz CT molecular complexity index is 732. The topological polar surface area (TPSA) is 54.7 Å². The number of hydrogen-bond acceptors (Lipinski definition) is 5. The summed E-state index contributed by atoms with van der Waals surface area (Å²) in [6, 6.07) is 8.10. The zero-order valence-corrected chi connectivity index (χ0v) is 12.9. The molecule has 2 heterocycles. The Balaban J connectivity index is 1.82. The second-order valence-electron chi connectivity index (χ2n) is 5.52. The highest BCUT2D eigenvalue weighted by Gasteiger charge is 2.25. The van der Waals surface area contributed by atoms with Crippen molar-refractivity contribution in [1.82, 2.24) is 10.2 Å². The molecule has 1 aromatic carbocycles. The van der Waals surface area contributed by atoms with Crippen molar-refractivity contribution in [2.45, 2.75) is 12.6 Å². The van der Waals surface area contributed by atoms with E-state index in [4.69, 9.17) is 9.15 Å². The van der Waals surface area contributed by atoms with E-state index < -0.39 is 0 Å². The van der Waals surface area contributed by atoms with Gasteiger partial charge in [-0.15, -0.1) is 0 Å². The van der Waals surface area contributed by atoms with Crippen LogP contribution in [0.1, 0.15) is 17.4 Å². The number of nitrogens with zero attached hydrogens (tertiary/aromatic N) is 1. The van der Waals surface area contributed by atoms with Crippen molar-refractivity contribution in [3.05, 3.63) is 64.0 Å². The summed E-state index contributed by atoms with van der Waals surface area (Å²) >= 11 is 0. The molecule has 1 aliphatic heterocycles. The fraction of sp³-hybridized carbons (Fsp3) is 0.353. The summed E-state index contributed by atoms with van der Waals surface area (Å²) in [6.07, 6.45) is 1.33. The van der Waals surface area contributed by atoms with Crippen LogP contribution in [-0.4, -0.2) is 31.6 Å². The van der Waals surface area contributed by atoms with E-state index >= 15 is 0 Å². The fourth-order valence-corrected chi connectivity index (χ4v) is 2.85. The molecule has 23 heavy (non-hydrogen) atoms. The summed E-state index contributed by atoms with van der Waals surface area (Å²) in [5, 5.41) is 3.32. The third kappa shape index (κ3) is 3.60. The van der Waals surface area contributed by atoms with E-state index in [0.717, 1.165) is 25.2 Å². The van der Waals surface area contributed by atoms with Crippen LogP contribution < -0.4 is 15.5 Å². The first kappa shape index (κ1) is 15.7. The molecule has 1 N–H and O–H groups in total. The van der Waals surface area contributed by atoms with Gasteiger partial charge in [-0.25, -0.2) is 4.39 Å². The molecule has 1 saturated heterocycles. The van der Waals surface area contributed by atoms with Crippen molar-refractivity contribution in [3.8, 4) is 5.75 Å². The highest BCUT2D eigenvalue weighted by Crippen LogP contribution is 2.24. The molecular formula is C17H19FN2O3. The van der Waals surface area contributed by atoms with Gasteiger partial charge in [-0.05, 0) is 17.7 Å². The van der Waals surface area contributed by atoms with E-state index in [1.165, 1.54) is 25.5 Å². The van der Waals surface area contributed by atoms with Crippen LogP contribution in [0.4, 0.5) is 4.39 Å². The minimum atomic E-state index is -0.246. The monoisotopic (exact) mass is 318 g/mol. The van der Waals surface area contributed by atoms with Crippen molar-refractivity contribution in [1.29, 1.82) is 0 Å². The number of benzene rings is 1. The minimum absolute atomic E-state index is 0.0341. The van der Waals surface area contributed by atoms with Gasteiger partial charge >= 0.3 is 0 Å². The quantitative estimate of drug-likeness (QED) is 0.933. The molecular weight excluding hydrogens is 299 g/mol. The van der Waals surface area contributed by atoms with Crippen molar-refractivity contribution >= 4 is 0 Å². The molecule has 2 aromatic rings. The predicted molar refractivity (Wildman–Crippen MR) is 84.0 cm³/mol. The SMILES string of the molecule is COc1coc(CN2CCNCC2c2cccc(F)c2)cc1=O. The van der Waals surface area contributed by atoms with Crippen molar-refractivity contribution in [2.75, 3.05) is 26.7 Å². The predicted octanol–water partition coefficient (Wildman–Crippen LogP) is 1.93. The molecule has 122 valence electrons. The van der Waals surface area contributed by atoms with Crippen molar-refractivity contribution < 1.29 is 13.5 Å². The molecule has 0 spiro atoms. The van der Waals surface area contributed by atoms with E-state index in [9.17, 15) is 9.18 Å². The lowest BCUT2D eigenvalue weighted by Crippen LogP contribution is -2.45. The van der Waals surface area contributed by atoms with Crippen LogP contribution in [-0.2, 0) is 6.54 Å². The van der Waals surface area contributed by atoms with Gasteiger partial charge in [0.1, 0.15) is 17.8 Å². The number of rotatable bonds is 4. The Labute approximate surface area is 133 Å². The van der Waals surface area contributed by atoms with Crippen LogP contribution in [0.15, 0.2) is 45.8 Å². The van der Waals surface area contributed by atoms with Gasteiger partial charge in [0.25, 0.3) is 0 Å². The van der Waals surface area contributed by atoms with Crippen molar-refractivity contribution in [2.24, 2.45) is 0 Å². The highest BCUT2D eigenvalue weighted by molar-refractivity contribution is 5.22. The molecule has 1 fully saturated rings. The van der Waals surface area contributed by atoms with E-state index in [-0.39, 0.29) is 23.0 Å². The first-order valence-corrected chi connectivity index (χ1v) is 7.53. The summed E-state index contributed by atoms with van der Waals surface area (Å²) < 4.78 is 23.9. The van der Waals surface area contributed by atoms with Gasteiger partial charge in [0, 0.05) is 31.7 Å². The smallest absolute Gasteiger partial charge is 0.227 e. The van der Waals surface area contributed by atoms with Crippen LogP contribution in [0.3, 0.4) is 0 Å². The average molecular weight is 318 g/mol. The molecule has 6 heteroatoms. The van der Waals surface area contributed by atoms with Crippen molar-refractivity contribution in [3.63, 3.8) is 0 Å². The standard InChI is InChI=1S/C17H19FN2O3/c1-22-17-11-23-14(8-16(17)21)10-20-6-5-19-9-15(20)12-3-2-4-13(18)7-12/h2-4,7-8,11,15,19H,5-6,9-10H2,1H3. The van der Waals surface area contributed by atoms with Gasteiger partial charge in [-0.1, -0.05) is 12.1 Å². The third-order valence-electron chi connectivity index (χ3n) is 4.02. The molecule has 0 saturated carbocycles. The third-order valence-corrected chi connectivity index (χ3v) is 4.02. The minimum Gasteiger partial charge on any atom is -0.490 e. The number of ether oxygens (including phenoxy) is 1. The average Bonchev–Trinajstić information content (AvgIpc) is 2.55. The second-order valence-corrected chi connectivity index (χ2v) is 5.52. The Kier molecular flexibility index (Phi) is 4.73. The normalized spacial score (nSPS) is 18.8. The molecule has 5 nitrogen and oxygen atoms in total. The van der Waals surface area contributed by atoms with Crippen LogP contribution in [0, 0.1) is 5.82 Å². The number of methoxy groups -OCH3 is 1. The molecule has 0 amide bonds. The van der Waals surface area contributed by atoms with Gasteiger partial charge in [-0.2, -0.15) is 0 Å². The Morgan fingerprint density at radius 2 is 2.30 bits per heavy atom. The van der Waals surface area contributed by atoms with Gasteiger partial charge in [0.15, 0.2) is 0 Å².